The first-order valence-electron chi connectivity index (χ1n) is 5.98. The van der Waals surface area contributed by atoms with Gasteiger partial charge in [-0.05, 0) is 36.1 Å². The lowest BCUT2D eigenvalue weighted by molar-refractivity contribution is 0.443. The second kappa shape index (κ2) is 5.60. The fraction of sp³-hybridized carbons (Fsp3) is 0.571. The van der Waals surface area contributed by atoms with Crippen molar-refractivity contribution in [2.75, 3.05) is 6.26 Å². The third-order valence-corrected chi connectivity index (χ3v) is 3.99. The van der Waals surface area contributed by atoms with Crippen LogP contribution >= 0.6 is 11.8 Å². The smallest absolute Gasteiger partial charge is 0.0181 e. The van der Waals surface area contributed by atoms with Crippen molar-refractivity contribution < 1.29 is 0 Å². The van der Waals surface area contributed by atoms with Crippen molar-refractivity contribution in [3.8, 4) is 0 Å². The first kappa shape index (κ1) is 11.1. The second-order valence-electron chi connectivity index (χ2n) is 4.51. The molecule has 1 aliphatic carbocycles. The van der Waals surface area contributed by atoms with Crippen molar-refractivity contribution in [3.63, 3.8) is 0 Å². The van der Waals surface area contributed by atoms with E-state index in [4.69, 9.17) is 0 Å². The SMILES string of the molecule is CSCc1ccc(C2CCCCC2)cc1. The van der Waals surface area contributed by atoms with E-state index in [2.05, 4.69) is 30.5 Å². The molecule has 0 heterocycles. The molecule has 2 rings (SSSR count). The topological polar surface area (TPSA) is 0 Å². The molecule has 0 unspecified atom stereocenters. The fourth-order valence-electron chi connectivity index (χ4n) is 2.49. The van der Waals surface area contributed by atoms with Gasteiger partial charge in [-0.25, -0.2) is 0 Å². The van der Waals surface area contributed by atoms with Gasteiger partial charge in [-0.2, -0.15) is 11.8 Å². The number of thioether (sulfide) groups is 1. The quantitative estimate of drug-likeness (QED) is 0.717. The van der Waals surface area contributed by atoms with Crippen molar-refractivity contribution in [2.45, 2.75) is 43.8 Å². The average molecular weight is 220 g/mol. The Morgan fingerprint density at radius 2 is 1.73 bits per heavy atom. The number of rotatable bonds is 3. The van der Waals surface area contributed by atoms with E-state index in [0.717, 1.165) is 11.7 Å². The van der Waals surface area contributed by atoms with E-state index >= 15 is 0 Å². The van der Waals surface area contributed by atoms with Crippen molar-refractivity contribution in [1.29, 1.82) is 0 Å². The van der Waals surface area contributed by atoms with E-state index in [9.17, 15) is 0 Å². The van der Waals surface area contributed by atoms with E-state index in [1.165, 1.54) is 37.7 Å². The highest BCUT2D eigenvalue weighted by atomic mass is 32.2. The summed E-state index contributed by atoms with van der Waals surface area (Å²) >= 11 is 1.90. The molecule has 1 saturated carbocycles. The Morgan fingerprint density at radius 3 is 2.33 bits per heavy atom. The zero-order chi connectivity index (χ0) is 10.5. The molecule has 1 aromatic carbocycles. The molecule has 0 aliphatic heterocycles. The van der Waals surface area contributed by atoms with E-state index in [0.29, 0.717) is 0 Å². The van der Waals surface area contributed by atoms with Crippen LogP contribution in [0.25, 0.3) is 0 Å². The fourth-order valence-corrected chi connectivity index (χ4v) is 3.01. The summed E-state index contributed by atoms with van der Waals surface area (Å²) in [6.07, 6.45) is 9.27. The minimum Gasteiger partial charge on any atom is -0.161 e. The van der Waals surface area contributed by atoms with Gasteiger partial charge in [0.1, 0.15) is 0 Å². The largest absolute Gasteiger partial charge is 0.161 e. The summed E-state index contributed by atoms with van der Waals surface area (Å²) in [7, 11) is 0. The number of hydrogen-bond acceptors (Lipinski definition) is 1. The molecule has 1 heteroatoms. The molecule has 0 atom stereocenters. The van der Waals surface area contributed by atoms with Crippen molar-refractivity contribution >= 4 is 11.8 Å². The third-order valence-electron chi connectivity index (χ3n) is 3.37. The summed E-state index contributed by atoms with van der Waals surface area (Å²) in [5, 5.41) is 0. The maximum atomic E-state index is 2.35. The summed E-state index contributed by atoms with van der Waals surface area (Å²) in [5.74, 6) is 1.99. The van der Waals surface area contributed by atoms with Crippen LogP contribution in [0, 0.1) is 0 Å². The number of benzene rings is 1. The Morgan fingerprint density at radius 1 is 1.07 bits per heavy atom. The molecule has 0 spiro atoms. The van der Waals surface area contributed by atoms with Crippen LogP contribution < -0.4 is 0 Å². The molecule has 0 bridgehead atoms. The van der Waals surface area contributed by atoms with Gasteiger partial charge in [-0.15, -0.1) is 0 Å². The third kappa shape index (κ3) is 3.01. The highest BCUT2D eigenvalue weighted by Crippen LogP contribution is 2.32. The van der Waals surface area contributed by atoms with Gasteiger partial charge in [0.2, 0.25) is 0 Å². The molecule has 0 N–H and O–H groups in total. The van der Waals surface area contributed by atoms with E-state index in [1.807, 2.05) is 11.8 Å². The van der Waals surface area contributed by atoms with Crippen LogP contribution in [-0.4, -0.2) is 6.26 Å². The molecule has 15 heavy (non-hydrogen) atoms. The molecular formula is C14H20S. The van der Waals surface area contributed by atoms with Gasteiger partial charge < -0.3 is 0 Å². The molecule has 0 nitrogen and oxygen atoms in total. The molecule has 1 aliphatic rings. The van der Waals surface area contributed by atoms with Crippen LogP contribution in [-0.2, 0) is 5.75 Å². The van der Waals surface area contributed by atoms with Crippen LogP contribution in [0.15, 0.2) is 24.3 Å². The van der Waals surface area contributed by atoms with Gasteiger partial charge >= 0.3 is 0 Å². The Balaban J connectivity index is 2.02. The van der Waals surface area contributed by atoms with Crippen molar-refractivity contribution in [1.82, 2.24) is 0 Å². The minimum atomic E-state index is 0.849. The summed E-state index contributed by atoms with van der Waals surface area (Å²) in [4.78, 5) is 0. The predicted octanol–water partition coefficient (Wildman–Crippen LogP) is 4.60. The predicted molar refractivity (Wildman–Crippen MR) is 69.5 cm³/mol. The summed E-state index contributed by atoms with van der Waals surface area (Å²) in [5.41, 5.74) is 3.03. The second-order valence-corrected chi connectivity index (χ2v) is 5.38. The van der Waals surface area contributed by atoms with Crippen LogP contribution in [0.1, 0.15) is 49.1 Å². The zero-order valence-electron chi connectivity index (χ0n) is 9.54. The molecule has 82 valence electrons. The van der Waals surface area contributed by atoms with Gasteiger partial charge in [0.15, 0.2) is 0 Å². The monoisotopic (exact) mass is 220 g/mol. The lowest BCUT2D eigenvalue weighted by Crippen LogP contribution is -2.04. The molecule has 1 fully saturated rings. The van der Waals surface area contributed by atoms with Crippen LogP contribution in [0.4, 0.5) is 0 Å². The highest BCUT2D eigenvalue weighted by molar-refractivity contribution is 7.97. The van der Waals surface area contributed by atoms with Crippen molar-refractivity contribution in [3.05, 3.63) is 35.4 Å². The summed E-state index contributed by atoms with van der Waals surface area (Å²) in [6.45, 7) is 0. The molecule has 0 radical (unpaired) electrons. The lowest BCUT2D eigenvalue weighted by atomic mass is 9.84. The first-order chi connectivity index (χ1) is 7.40. The summed E-state index contributed by atoms with van der Waals surface area (Å²) in [6, 6.07) is 9.31. The van der Waals surface area contributed by atoms with Gasteiger partial charge in [-0.3, -0.25) is 0 Å². The Labute approximate surface area is 97.5 Å². The Kier molecular flexibility index (Phi) is 4.13. The van der Waals surface area contributed by atoms with Gasteiger partial charge in [0, 0.05) is 5.75 Å². The maximum Gasteiger partial charge on any atom is 0.0181 e. The first-order valence-corrected chi connectivity index (χ1v) is 7.37. The van der Waals surface area contributed by atoms with E-state index < -0.39 is 0 Å². The molecule has 0 amide bonds. The number of hydrogen-bond donors (Lipinski definition) is 0. The normalized spacial score (nSPS) is 17.9. The average Bonchev–Trinajstić information content (AvgIpc) is 2.32. The molecule has 0 saturated heterocycles. The van der Waals surface area contributed by atoms with Gasteiger partial charge in [0.05, 0.1) is 0 Å². The Bertz CT molecular complexity index is 283. The Hall–Kier alpha value is -0.430. The zero-order valence-corrected chi connectivity index (χ0v) is 10.4. The van der Waals surface area contributed by atoms with Crippen molar-refractivity contribution in [2.24, 2.45) is 0 Å². The van der Waals surface area contributed by atoms with E-state index in [-0.39, 0.29) is 0 Å². The molecule has 0 aromatic heterocycles. The van der Waals surface area contributed by atoms with Crippen LogP contribution in [0.3, 0.4) is 0 Å². The van der Waals surface area contributed by atoms with E-state index in [1.54, 1.807) is 5.56 Å². The minimum absolute atomic E-state index is 0.849. The standard InChI is InChI=1S/C14H20S/c1-15-11-12-7-9-14(10-8-12)13-5-3-2-4-6-13/h7-10,13H,2-6,11H2,1H3. The molecule has 1 aromatic rings. The van der Waals surface area contributed by atoms with Gasteiger partial charge in [-0.1, -0.05) is 43.5 Å². The lowest BCUT2D eigenvalue weighted by Gasteiger charge is -2.22. The molecular weight excluding hydrogens is 200 g/mol. The highest BCUT2D eigenvalue weighted by Gasteiger charge is 2.14. The van der Waals surface area contributed by atoms with Gasteiger partial charge in [0.25, 0.3) is 0 Å². The maximum absolute atomic E-state index is 2.35. The van der Waals surface area contributed by atoms with Crippen LogP contribution in [0.5, 0.6) is 0 Å². The summed E-state index contributed by atoms with van der Waals surface area (Å²) < 4.78 is 0. The van der Waals surface area contributed by atoms with Crippen LogP contribution in [0.2, 0.25) is 0 Å².